The first kappa shape index (κ1) is 61.1. The number of nitrogens with zero attached hydrogens (tertiary/aromatic N) is 4. The molecule has 2 atom stereocenters. The van der Waals surface area contributed by atoms with Gasteiger partial charge in [0, 0.05) is 91.6 Å². The van der Waals surface area contributed by atoms with Gasteiger partial charge < -0.3 is 57.1 Å². The molecule has 1 aliphatic carbocycles. The summed E-state index contributed by atoms with van der Waals surface area (Å²) in [6.45, 7) is 24.3. The highest BCUT2D eigenvalue weighted by Gasteiger charge is 2.55. The van der Waals surface area contributed by atoms with Gasteiger partial charge in [0.15, 0.2) is 0 Å². The molecular weight excluding hydrogens is 983 g/mol. The first-order chi connectivity index (χ1) is 38.2. The average molecular weight is 1080 g/mol. The number of piperazine rings is 1. The maximum absolute atomic E-state index is 13.8. The lowest BCUT2D eigenvalue weighted by Gasteiger charge is -2.52. The molecule has 4 aliphatic heterocycles. The molecule has 17 nitrogen and oxygen atoms in total. The lowest BCUT2D eigenvalue weighted by Crippen LogP contribution is -2.75. The smallest absolute Gasteiger partial charge is 0.335 e. The molecule has 4 heterocycles. The number of nitrogens with one attached hydrogen (secondary N) is 7. The summed E-state index contributed by atoms with van der Waals surface area (Å²) in [6, 6.07) is 22.7. The number of aliphatic hydroxyl groups is 1. The summed E-state index contributed by atoms with van der Waals surface area (Å²) in [7, 11) is 0. The zero-order valence-electron chi connectivity index (χ0n) is 47.2. The minimum atomic E-state index is -0.975. The highest BCUT2D eigenvalue weighted by Crippen LogP contribution is 2.37. The Labute approximate surface area is 466 Å². The van der Waals surface area contributed by atoms with Gasteiger partial charge in [0.2, 0.25) is 11.8 Å². The minimum absolute atomic E-state index is 0.0613. The van der Waals surface area contributed by atoms with Crippen LogP contribution in [0.1, 0.15) is 117 Å². The zero-order valence-corrected chi connectivity index (χ0v) is 47.2. The maximum Gasteiger partial charge on any atom is 0.335 e. The van der Waals surface area contributed by atoms with Crippen molar-refractivity contribution in [2.24, 2.45) is 5.92 Å². The van der Waals surface area contributed by atoms with Crippen molar-refractivity contribution in [1.29, 1.82) is 0 Å². The van der Waals surface area contributed by atoms with E-state index in [-0.39, 0.29) is 23.3 Å². The van der Waals surface area contributed by atoms with Gasteiger partial charge >= 0.3 is 5.97 Å². The van der Waals surface area contributed by atoms with Crippen molar-refractivity contribution in [3.05, 3.63) is 95.1 Å². The number of amides is 2. The number of unbranched alkanes of at least 4 members (excludes halogenated alkanes) is 1. The van der Waals surface area contributed by atoms with Gasteiger partial charge in [-0.3, -0.25) is 24.3 Å². The Morgan fingerprint density at radius 2 is 1.00 bits per heavy atom. The summed E-state index contributed by atoms with van der Waals surface area (Å²) in [5, 5.41) is 44.6. The number of carbonyl (C=O) groups excluding carboxylic acids is 2. The first-order valence-electron chi connectivity index (χ1n) is 30.1. The zero-order chi connectivity index (χ0) is 54.6. The van der Waals surface area contributed by atoms with Gasteiger partial charge in [-0.25, -0.2) is 4.79 Å². The van der Waals surface area contributed by atoms with E-state index in [1.165, 1.54) is 55.4 Å². The molecule has 0 aromatic heterocycles. The van der Waals surface area contributed by atoms with Gasteiger partial charge in [0.1, 0.15) is 23.1 Å². The Hall–Kier alpha value is -4.53. The second-order valence-electron chi connectivity index (χ2n) is 22.3. The summed E-state index contributed by atoms with van der Waals surface area (Å²) >= 11 is 0. The molecule has 17 heteroatoms. The van der Waals surface area contributed by atoms with E-state index in [1.807, 2.05) is 29.2 Å². The van der Waals surface area contributed by atoms with E-state index in [0.29, 0.717) is 44.0 Å². The molecule has 1 spiro atoms. The minimum Gasteiger partial charge on any atom is -0.478 e. The summed E-state index contributed by atoms with van der Waals surface area (Å²) in [5.74, 6) is 0.0741. The molecule has 9 N–H and O–H groups in total. The quantitative estimate of drug-likeness (QED) is 0.105. The molecule has 0 unspecified atom stereocenters. The number of hydrogen-bond donors (Lipinski definition) is 9. The van der Waals surface area contributed by atoms with Gasteiger partial charge in [-0.1, -0.05) is 69.0 Å². The number of aromatic carboxylic acids is 1. The molecule has 1 saturated carbocycles. The van der Waals surface area contributed by atoms with E-state index in [0.717, 1.165) is 168 Å². The molecule has 3 aromatic carbocycles. The topological polar surface area (TPSA) is 198 Å². The highest BCUT2D eigenvalue weighted by atomic mass is 16.5. The lowest BCUT2D eigenvalue weighted by molar-refractivity contribution is -0.166. The van der Waals surface area contributed by atoms with E-state index < -0.39 is 23.7 Å². The molecular formula is C61H97N11O6. The molecule has 3 aromatic rings. The van der Waals surface area contributed by atoms with Crippen molar-refractivity contribution in [3.8, 4) is 11.5 Å². The van der Waals surface area contributed by atoms with E-state index in [2.05, 4.69) is 83.1 Å². The second-order valence-corrected chi connectivity index (χ2v) is 22.3. The number of aliphatic hydroxyl groups excluding tert-OH is 1. The Bertz CT molecular complexity index is 2090. The fourth-order valence-electron chi connectivity index (χ4n) is 11.7. The first-order valence-corrected chi connectivity index (χ1v) is 30.1. The molecule has 2 amide bonds. The fraction of sp³-hybridized carbons (Fsp3) is 0.656. The average Bonchev–Trinajstić information content (AvgIpc) is 3.58. The third-order valence-corrected chi connectivity index (χ3v) is 16.4. The fourth-order valence-corrected chi connectivity index (χ4v) is 11.7. The number of carboxylic acid groups (broad SMARTS) is 1. The van der Waals surface area contributed by atoms with E-state index in [1.54, 1.807) is 12.1 Å². The van der Waals surface area contributed by atoms with Crippen LogP contribution in [0, 0.1) is 5.92 Å². The van der Waals surface area contributed by atoms with Crippen LogP contribution in [0.2, 0.25) is 0 Å². The van der Waals surface area contributed by atoms with Gasteiger partial charge in [0.25, 0.3) is 0 Å². The van der Waals surface area contributed by atoms with Crippen molar-refractivity contribution in [3.63, 3.8) is 0 Å². The molecule has 4 saturated heterocycles. The van der Waals surface area contributed by atoms with Crippen molar-refractivity contribution in [2.75, 3.05) is 124 Å². The number of piperidine rings is 1. The van der Waals surface area contributed by atoms with Crippen molar-refractivity contribution >= 4 is 17.8 Å². The Balaban J connectivity index is 0.000000229. The monoisotopic (exact) mass is 1080 g/mol. The van der Waals surface area contributed by atoms with Crippen LogP contribution in [0.5, 0.6) is 11.5 Å². The van der Waals surface area contributed by atoms with E-state index >= 15 is 0 Å². The van der Waals surface area contributed by atoms with Crippen LogP contribution in [0.15, 0.2) is 72.8 Å². The van der Waals surface area contributed by atoms with Crippen LogP contribution in [-0.2, 0) is 29.2 Å². The predicted octanol–water partition coefficient (Wildman–Crippen LogP) is 5.00. The molecule has 5 fully saturated rings. The molecule has 432 valence electrons. The maximum atomic E-state index is 13.8. The van der Waals surface area contributed by atoms with Gasteiger partial charge in [0.05, 0.1) is 11.7 Å². The highest BCUT2D eigenvalue weighted by molar-refractivity contribution is 6.00. The van der Waals surface area contributed by atoms with Crippen LogP contribution in [0.25, 0.3) is 0 Å². The van der Waals surface area contributed by atoms with Crippen LogP contribution in [0.4, 0.5) is 0 Å². The van der Waals surface area contributed by atoms with Crippen LogP contribution in [0.3, 0.4) is 0 Å². The SMILES string of the molecule is CCCCN1C(=O)[C@@H]([C@H](O)C2CCCCC2)NC(=O)C12CCN(Cc1ccc(Oc3ccc(C(=O)O)cc3)cc1)CC2.c1cc(CN2CCCNCCNCCCNCC2)ccc1CN1CCCNCCNCCCNCC1. The summed E-state index contributed by atoms with van der Waals surface area (Å²) in [6.07, 6.45) is 11.9. The van der Waals surface area contributed by atoms with Gasteiger partial charge in [-0.05, 0) is 169 Å². The third-order valence-electron chi connectivity index (χ3n) is 16.4. The van der Waals surface area contributed by atoms with Crippen molar-refractivity contribution in [2.45, 2.75) is 128 Å². The number of carbonyl (C=O) groups is 3. The number of hydrogen-bond acceptors (Lipinski definition) is 14. The Kier molecular flexibility index (Phi) is 26.6. The van der Waals surface area contributed by atoms with Crippen LogP contribution >= 0.6 is 0 Å². The molecule has 0 radical (unpaired) electrons. The number of ether oxygens (including phenoxy) is 1. The second kappa shape index (κ2) is 33.9. The number of rotatable bonds is 14. The number of likely N-dealkylation sites (tertiary alicyclic amines) is 1. The van der Waals surface area contributed by atoms with Gasteiger partial charge in [-0.2, -0.15) is 0 Å². The molecule has 0 bridgehead atoms. The predicted molar refractivity (Wildman–Crippen MR) is 311 cm³/mol. The molecule has 8 rings (SSSR count). The standard InChI is InChI=1S/C33H43N3O6.C28H54N8/c1-2-3-19-36-30(38)28(29(37)24-7-5-4-6-8-24)34-32(41)33(36)17-20-35(21-18-33)22-23-9-13-26(14-10-23)42-27-15-11-25(12-16-27)31(39)40;1-9-29-15-17-31-13-3-21-35(23-19-33-11-1)25-27-5-7-28(8-6-27)26-36-22-4-14-32-18-16-30-10-2-12-34-20-24-36/h9-16,24,28-29,37H,2-8,17-22H2,1H3,(H,34,41)(H,39,40);5-8,29-34H,1-4,9-26H2/t28-,29-;/m1./s1. The Morgan fingerprint density at radius 3 is 1.47 bits per heavy atom. The largest absolute Gasteiger partial charge is 0.478 e. The number of carboxylic acids is 1. The lowest BCUT2D eigenvalue weighted by atomic mass is 9.78. The molecule has 5 aliphatic rings. The summed E-state index contributed by atoms with van der Waals surface area (Å²) < 4.78 is 5.86. The van der Waals surface area contributed by atoms with Crippen LogP contribution in [-0.4, -0.2) is 190 Å². The number of benzene rings is 3. The van der Waals surface area contributed by atoms with E-state index in [4.69, 9.17) is 9.84 Å². The molecule has 78 heavy (non-hydrogen) atoms. The Morgan fingerprint density at radius 1 is 0.564 bits per heavy atom. The van der Waals surface area contributed by atoms with Crippen molar-refractivity contribution < 1.29 is 29.3 Å². The van der Waals surface area contributed by atoms with Crippen molar-refractivity contribution in [1.82, 2.24) is 56.8 Å². The summed E-state index contributed by atoms with van der Waals surface area (Å²) in [5.41, 5.74) is 3.32. The normalized spacial score (nSPS) is 22.5. The summed E-state index contributed by atoms with van der Waals surface area (Å²) in [4.78, 5) is 47.9. The van der Waals surface area contributed by atoms with Crippen LogP contribution < -0.4 is 42.0 Å². The third kappa shape index (κ3) is 19.9. The van der Waals surface area contributed by atoms with E-state index in [9.17, 15) is 19.5 Å². The van der Waals surface area contributed by atoms with Gasteiger partial charge in [-0.15, -0.1) is 0 Å².